The summed E-state index contributed by atoms with van der Waals surface area (Å²) in [6.07, 6.45) is 1.79. The van der Waals surface area contributed by atoms with Crippen molar-refractivity contribution in [1.29, 1.82) is 0 Å². The second kappa shape index (κ2) is 12.5. The van der Waals surface area contributed by atoms with Crippen molar-refractivity contribution in [3.05, 3.63) is 95.3 Å². The molecule has 3 rings (SSSR count). The average molecular weight is 524 g/mol. The van der Waals surface area contributed by atoms with E-state index in [-0.39, 0.29) is 35.0 Å². The van der Waals surface area contributed by atoms with Crippen LogP contribution in [0.3, 0.4) is 0 Å². The van der Waals surface area contributed by atoms with Gasteiger partial charge in [0, 0.05) is 12.7 Å². The SMILES string of the molecule is NCC(=O)NC(=O)c1ccc(C(=O)NS(=O)(=O)c2ccc(CCNC(=O)Cc3ccccc3)cc2)cn1. The molecule has 5 N–H and O–H groups in total. The Morgan fingerprint density at radius 2 is 1.51 bits per heavy atom. The highest BCUT2D eigenvalue weighted by molar-refractivity contribution is 7.90. The van der Waals surface area contributed by atoms with Crippen LogP contribution in [0.2, 0.25) is 0 Å². The lowest BCUT2D eigenvalue weighted by Crippen LogP contribution is -2.36. The van der Waals surface area contributed by atoms with Gasteiger partial charge in [0.15, 0.2) is 0 Å². The maximum atomic E-state index is 12.6. The van der Waals surface area contributed by atoms with Gasteiger partial charge >= 0.3 is 0 Å². The lowest BCUT2D eigenvalue weighted by atomic mass is 10.1. The van der Waals surface area contributed by atoms with Crippen molar-refractivity contribution in [3.8, 4) is 0 Å². The van der Waals surface area contributed by atoms with Gasteiger partial charge in [-0.2, -0.15) is 0 Å². The number of hydrogen-bond donors (Lipinski definition) is 4. The maximum absolute atomic E-state index is 12.6. The third kappa shape index (κ3) is 8.05. The second-order valence-electron chi connectivity index (χ2n) is 7.85. The fraction of sp³-hybridized carbons (Fsp3) is 0.160. The number of benzene rings is 2. The summed E-state index contributed by atoms with van der Waals surface area (Å²) in [5.74, 6) is -2.55. The zero-order chi connectivity index (χ0) is 26.8. The van der Waals surface area contributed by atoms with Gasteiger partial charge in [0.2, 0.25) is 11.8 Å². The van der Waals surface area contributed by atoms with Gasteiger partial charge in [-0.15, -0.1) is 0 Å². The molecule has 0 aliphatic carbocycles. The number of carbonyl (C=O) groups excluding carboxylic acids is 4. The molecule has 0 radical (unpaired) electrons. The number of imide groups is 1. The Bertz CT molecular complexity index is 1380. The molecule has 0 aliphatic rings. The lowest BCUT2D eigenvalue weighted by Gasteiger charge is -2.09. The molecule has 3 aromatic rings. The normalized spacial score (nSPS) is 10.8. The van der Waals surface area contributed by atoms with Crippen molar-refractivity contribution in [2.75, 3.05) is 13.1 Å². The van der Waals surface area contributed by atoms with Crippen LogP contribution in [0.15, 0.2) is 77.8 Å². The monoisotopic (exact) mass is 523 g/mol. The van der Waals surface area contributed by atoms with Gasteiger partial charge in [-0.25, -0.2) is 13.1 Å². The topological polar surface area (TPSA) is 177 Å². The Morgan fingerprint density at radius 1 is 0.811 bits per heavy atom. The van der Waals surface area contributed by atoms with Crippen LogP contribution in [0.25, 0.3) is 0 Å². The molecule has 0 atom stereocenters. The van der Waals surface area contributed by atoms with E-state index >= 15 is 0 Å². The third-order valence-corrected chi connectivity index (χ3v) is 6.45. The molecule has 12 heteroatoms. The molecular weight excluding hydrogens is 498 g/mol. The predicted molar refractivity (Wildman–Crippen MR) is 134 cm³/mol. The lowest BCUT2D eigenvalue weighted by molar-refractivity contribution is -0.120. The van der Waals surface area contributed by atoms with Crippen LogP contribution in [-0.4, -0.2) is 50.1 Å². The zero-order valence-electron chi connectivity index (χ0n) is 19.6. The minimum atomic E-state index is -4.17. The van der Waals surface area contributed by atoms with Gasteiger partial charge in [0.1, 0.15) is 5.69 Å². The fourth-order valence-corrected chi connectivity index (χ4v) is 4.14. The molecule has 0 saturated heterocycles. The Balaban J connectivity index is 1.52. The van der Waals surface area contributed by atoms with Crippen molar-refractivity contribution in [1.82, 2.24) is 20.3 Å². The summed E-state index contributed by atoms with van der Waals surface area (Å²) in [6, 6.07) is 17.6. The van der Waals surface area contributed by atoms with E-state index in [4.69, 9.17) is 5.73 Å². The van der Waals surface area contributed by atoms with Gasteiger partial charge in [0.25, 0.3) is 21.8 Å². The second-order valence-corrected chi connectivity index (χ2v) is 9.54. The molecule has 0 saturated carbocycles. The minimum Gasteiger partial charge on any atom is -0.355 e. The van der Waals surface area contributed by atoms with E-state index in [2.05, 4.69) is 10.3 Å². The minimum absolute atomic E-state index is 0.104. The van der Waals surface area contributed by atoms with E-state index in [0.29, 0.717) is 13.0 Å². The first-order chi connectivity index (χ1) is 17.7. The standard InChI is InChI=1S/C25H25N5O6S/c26-15-23(32)29-25(34)21-11-8-19(16-28-21)24(33)30-37(35,36)20-9-6-17(7-10-20)12-13-27-22(31)14-18-4-2-1-3-5-18/h1-11,16H,12-15,26H2,(H,27,31)(H,30,33)(H,29,32,34). The van der Waals surface area contributed by atoms with E-state index in [9.17, 15) is 27.6 Å². The van der Waals surface area contributed by atoms with Crippen LogP contribution < -0.4 is 21.1 Å². The molecule has 37 heavy (non-hydrogen) atoms. The van der Waals surface area contributed by atoms with Crippen LogP contribution >= 0.6 is 0 Å². The average Bonchev–Trinajstić information content (AvgIpc) is 2.89. The summed E-state index contributed by atoms with van der Waals surface area (Å²) in [5, 5.41) is 4.83. The van der Waals surface area contributed by atoms with Crippen LogP contribution in [0.5, 0.6) is 0 Å². The number of aromatic nitrogens is 1. The number of nitrogens with two attached hydrogens (primary N) is 1. The van der Waals surface area contributed by atoms with Crippen LogP contribution in [0.1, 0.15) is 32.0 Å². The van der Waals surface area contributed by atoms with Gasteiger partial charge in [-0.05, 0) is 41.8 Å². The van der Waals surface area contributed by atoms with Gasteiger partial charge in [-0.1, -0.05) is 42.5 Å². The molecule has 2 aromatic carbocycles. The Labute approximate surface area is 213 Å². The number of rotatable bonds is 10. The summed E-state index contributed by atoms with van der Waals surface area (Å²) >= 11 is 0. The number of nitrogens with zero attached hydrogens (tertiary/aromatic N) is 1. The first kappa shape index (κ1) is 27.2. The molecule has 1 aromatic heterocycles. The maximum Gasteiger partial charge on any atom is 0.276 e. The Morgan fingerprint density at radius 3 is 2.14 bits per heavy atom. The van der Waals surface area contributed by atoms with E-state index in [0.717, 1.165) is 17.3 Å². The predicted octanol–water partition coefficient (Wildman–Crippen LogP) is 0.317. The molecule has 0 unspecified atom stereocenters. The smallest absolute Gasteiger partial charge is 0.276 e. The molecule has 1 heterocycles. The Hall–Kier alpha value is -4.42. The molecule has 0 aliphatic heterocycles. The van der Waals surface area contributed by atoms with E-state index in [1.807, 2.05) is 40.4 Å². The number of sulfonamides is 1. The molecule has 4 amide bonds. The van der Waals surface area contributed by atoms with Crippen molar-refractivity contribution in [2.24, 2.45) is 5.73 Å². The molecule has 11 nitrogen and oxygen atoms in total. The summed E-state index contributed by atoms with van der Waals surface area (Å²) in [4.78, 5) is 51.1. The highest BCUT2D eigenvalue weighted by Crippen LogP contribution is 2.12. The fourth-order valence-electron chi connectivity index (χ4n) is 3.17. The van der Waals surface area contributed by atoms with Crippen molar-refractivity contribution in [2.45, 2.75) is 17.7 Å². The molecule has 0 fully saturated rings. The van der Waals surface area contributed by atoms with Crippen molar-refractivity contribution < 1.29 is 27.6 Å². The van der Waals surface area contributed by atoms with E-state index in [1.54, 1.807) is 12.1 Å². The van der Waals surface area contributed by atoms with E-state index in [1.165, 1.54) is 24.3 Å². The van der Waals surface area contributed by atoms with E-state index < -0.39 is 27.7 Å². The molecular formula is C25H25N5O6S. The highest BCUT2D eigenvalue weighted by atomic mass is 32.2. The Kier molecular flexibility index (Phi) is 9.19. The summed E-state index contributed by atoms with van der Waals surface area (Å²) < 4.78 is 27.2. The van der Waals surface area contributed by atoms with Gasteiger partial charge in [0.05, 0.1) is 23.4 Å². The number of pyridine rings is 1. The number of nitrogens with one attached hydrogen (secondary N) is 3. The van der Waals surface area contributed by atoms with Crippen LogP contribution in [0.4, 0.5) is 0 Å². The first-order valence-corrected chi connectivity index (χ1v) is 12.6. The van der Waals surface area contributed by atoms with Crippen molar-refractivity contribution in [3.63, 3.8) is 0 Å². The molecule has 192 valence electrons. The summed E-state index contributed by atoms with van der Waals surface area (Å²) in [6.45, 7) is 0.00624. The van der Waals surface area contributed by atoms with Gasteiger partial charge < -0.3 is 11.1 Å². The van der Waals surface area contributed by atoms with Crippen LogP contribution in [0, 0.1) is 0 Å². The number of amides is 4. The van der Waals surface area contributed by atoms with Gasteiger partial charge in [-0.3, -0.25) is 29.5 Å². The summed E-state index contributed by atoms with van der Waals surface area (Å²) in [7, 11) is -4.17. The number of hydrogen-bond acceptors (Lipinski definition) is 8. The molecule has 0 bridgehead atoms. The number of carbonyl (C=O) groups is 4. The largest absolute Gasteiger partial charge is 0.355 e. The molecule has 0 spiro atoms. The highest BCUT2D eigenvalue weighted by Gasteiger charge is 2.20. The quantitative estimate of drug-likeness (QED) is 0.293. The summed E-state index contributed by atoms with van der Waals surface area (Å²) in [5.41, 5.74) is 6.59. The first-order valence-electron chi connectivity index (χ1n) is 11.1. The van der Waals surface area contributed by atoms with Crippen molar-refractivity contribution >= 4 is 33.7 Å². The zero-order valence-corrected chi connectivity index (χ0v) is 20.5. The third-order valence-electron chi connectivity index (χ3n) is 5.10. The van der Waals surface area contributed by atoms with Crippen LogP contribution in [-0.2, 0) is 32.5 Å².